The molecule has 0 unspecified atom stereocenters. The molecule has 86 valence electrons. The number of rotatable bonds is 4. The first-order chi connectivity index (χ1) is 7.47. The summed E-state index contributed by atoms with van der Waals surface area (Å²) in [4.78, 5) is 21.4. The van der Waals surface area contributed by atoms with Crippen LogP contribution in [0.3, 0.4) is 0 Å². The molecule has 16 heavy (non-hydrogen) atoms. The highest BCUT2D eigenvalue weighted by molar-refractivity contribution is 9.10. The lowest BCUT2D eigenvalue weighted by molar-refractivity contribution is -0.385. The number of carbonyl (C=O) groups excluding carboxylic acids is 1. The number of nitro groups is 1. The van der Waals surface area contributed by atoms with Gasteiger partial charge in [-0.15, -0.1) is 0 Å². The third-order valence-corrected chi connectivity index (χ3v) is 2.55. The number of benzene rings is 1. The molecule has 0 atom stereocenters. The number of hydrogen-bond donors (Lipinski definition) is 0. The molecule has 0 bridgehead atoms. The molecule has 0 aliphatic rings. The second kappa shape index (κ2) is 5.07. The molecule has 0 heterocycles. The standard InChI is InChI=1S/C10H10BrNO4/c1-3-16-10-4-7(6(2)13)9(12(14)15)5-8(10)11/h4-5H,3H2,1-2H3. The molecule has 0 saturated carbocycles. The first-order valence-electron chi connectivity index (χ1n) is 4.59. The maximum absolute atomic E-state index is 11.3. The van der Waals surface area contributed by atoms with E-state index in [1.807, 2.05) is 0 Å². The zero-order valence-electron chi connectivity index (χ0n) is 8.82. The summed E-state index contributed by atoms with van der Waals surface area (Å²) in [6, 6.07) is 2.66. The summed E-state index contributed by atoms with van der Waals surface area (Å²) >= 11 is 3.16. The van der Waals surface area contributed by atoms with Crippen molar-refractivity contribution in [1.82, 2.24) is 0 Å². The number of nitro benzene ring substituents is 1. The van der Waals surface area contributed by atoms with Gasteiger partial charge >= 0.3 is 0 Å². The molecule has 1 rings (SSSR count). The largest absolute Gasteiger partial charge is 0.493 e. The molecule has 0 fully saturated rings. The maximum Gasteiger partial charge on any atom is 0.281 e. The van der Waals surface area contributed by atoms with Crippen LogP contribution < -0.4 is 4.74 Å². The second-order valence-corrected chi connectivity index (χ2v) is 3.90. The molecule has 0 aliphatic heterocycles. The Hall–Kier alpha value is -1.43. The van der Waals surface area contributed by atoms with Crippen LogP contribution in [-0.4, -0.2) is 17.3 Å². The van der Waals surface area contributed by atoms with Crippen LogP contribution in [0.25, 0.3) is 0 Å². The summed E-state index contributed by atoms with van der Waals surface area (Å²) in [5.41, 5.74) is -0.167. The zero-order valence-corrected chi connectivity index (χ0v) is 10.4. The SMILES string of the molecule is CCOc1cc(C(C)=O)c([N+](=O)[O-])cc1Br. The van der Waals surface area contributed by atoms with Gasteiger partial charge in [-0.05, 0) is 35.8 Å². The van der Waals surface area contributed by atoms with E-state index in [2.05, 4.69) is 15.9 Å². The molecule has 0 aliphatic carbocycles. The van der Waals surface area contributed by atoms with Gasteiger partial charge in [0, 0.05) is 6.07 Å². The molecular weight excluding hydrogens is 278 g/mol. The van der Waals surface area contributed by atoms with Crippen molar-refractivity contribution in [2.45, 2.75) is 13.8 Å². The fourth-order valence-corrected chi connectivity index (χ4v) is 1.69. The number of nitrogens with zero attached hydrogens (tertiary/aromatic N) is 1. The molecule has 0 spiro atoms. The molecular formula is C10H10BrNO4. The van der Waals surface area contributed by atoms with Crippen LogP contribution in [-0.2, 0) is 0 Å². The van der Waals surface area contributed by atoms with Crippen molar-refractivity contribution in [2.24, 2.45) is 0 Å². The minimum atomic E-state index is -0.586. The molecule has 1 aromatic carbocycles. The van der Waals surface area contributed by atoms with Gasteiger partial charge in [-0.3, -0.25) is 14.9 Å². The van der Waals surface area contributed by atoms with Gasteiger partial charge in [0.25, 0.3) is 5.69 Å². The average Bonchev–Trinajstić information content (AvgIpc) is 2.20. The Kier molecular flexibility index (Phi) is 4.00. The zero-order chi connectivity index (χ0) is 12.3. The van der Waals surface area contributed by atoms with E-state index in [9.17, 15) is 14.9 Å². The Morgan fingerprint density at radius 2 is 2.19 bits per heavy atom. The Bertz CT molecular complexity index is 445. The van der Waals surface area contributed by atoms with Gasteiger partial charge in [-0.25, -0.2) is 0 Å². The van der Waals surface area contributed by atoms with E-state index in [1.54, 1.807) is 6.92 Å². The van der Waals surface area contributed by atoms with Gasteiger partial charge in [0.15, 0.2) is 5.78 Å². The lowest BCUT2D eigenvalue weighted by Crippen LogP contribution is -2.02. The molecule has 0 N–H and O–H groups in total. The Morgan fingerprint density at radius 3 is 2.62 bits per heavy atom. The van der Waals surface area contributed by atoms with Gasteiger partial charge in [-0.2, -0.15) is 0 Å². The average molecular weight is 288 g/mol. The maximum atomic E-state index is 11.3. The fraction of sp³-hybridized carbons (Fsp3) is 0.300. The van der Waals surface area contributed by atoms with Crippen LogP contribution in [0.2, 0.25) is 0 Å². The van der Waals surface area contributed by atoms with Gasteiger partial charge in [0.05, 0.1) is 21.6 Å². The van der Waals surface area contributed by atoms with E-state index < -0.39 is 4.92 Å². The van der Waals surface area contributed by atoms with Crippen molar-refractivity contribution in [2.75, 3.05) is 6.61 Å². The molecule has 5 nitrogen and oxygen atoms in total. The number of Topliss-reactive ketones (excluding diaryl/α,β-unsaturated/α-hetero) is 1. The van der Waals surface area contributed by atoms with Crippen LogP contribution in [0.15, 0.2) is 16.6 Å². The summed E-state index contributed by atoms with van der Waals surface area (Å²) in [5, 5.41) is 10.7. The second-order valence-electron chi connectivity index (χ2n) is 3.05. The van der Waals surface area contributed by atoms with Crippen LogP contribution in [0.1, 0.15) is 24.2 Å². The van der Waals surface area contributed by atoms with Crippen LogP contribution in [0.4, 0.5) is 5.69 Å². The Labute approximate surface area is 101 Å². The minimum absolute atomic E-state index is 0.0525. The first kappa shape index (κ1) is 12.6. The summed E-state index contributed by atoms with van der Waals surface area (Å²) < 4.78 is 5.70. The number of carbonyl (C=O) groups is 1. The number of ketones is 1. The topological polar surface area (TPSA) is 69.4 Å². The van der Waals surface area contributed by atoms with Gasteiger partial charge in [-0.1, -0.05) is 0 Å². The first-order valence-corrected chi connectivity index (χ1v) is 5.38. The highest BCUT2D eigenvalue weighted by Crippen LogP contribution is 2.33. The molecule has 0 radical (unpaired) electrons. The quantitative estimate of drug-likeness (QED) is 0.485. The van der Waals surface area contributed by atoms with Gasteiger partial charge in [0.1, 0.15) is 5.75 Å². The van der Waals surface area contributed by atoms with E-state index in [0.717, 1.165) is 0 Å². The van der Waals surface area contributed by atoms with Gasteiger partial charge < -0.3 is 4.74 Å². The minimum Gasteiger partial charge on any atom is -0.493 e. The fourth-order valence-electron chi connectivity index (χ4n) is 1.24. The predicted molar refractivity (Wildman–Crippen MR) is 62.0 cm³/mol. The normalized spacial score (nSPS) is 9.94. The highest BCUT2D eigenvalue weighted by atomic mass is 79.9. The summed E-state index contributed by atoms with van der Waals surface area (Å²) in [6.07, 6.45) is 0. The summed E-state index contributed by atoms with van der Waals surface area (Å²) in [7, 11) is 0. The molecule has 0 saturated heterocycles. The van der Waals surface area contributed by atoms with E-state index >= 15 is 0 Å². The summed E-state index contributed by atoms with van der Waals surface area (Å²) in [5.74, 6) is 0.0680. The van der Waals surface area contributed by atoms with E-state index in [4.69, 9.17) is 4.74 Å². The van der Waals surface area contributed by atoms with Crippen molar-refractivity contribution in [3.05, 3.63) is 32.3 Å². The third kappa shape index (κ3) is 2.57. The van der Waals surface area contributed by atoms with Crippen molar-refractivity contribution < 1.29 is 14.5 Å². The van der Waals surface area contributed by atoms with Crippen molar-refractivity contribution >= 4 is 27.4 Å². The molecule has 0 aromatic heterocycles. The van der Waals surface area contributed by atoms with E-state index in [-0.39, 0.29) is 17.0 Å². The van der Waals surface area contributed by atoms with E-state index in [0.29, 0.717) is 16.8 Å². The lowest BCUT2D eigenvalue weighted by Gasteiger charge is -2.07. The van der Waals surface area contributed by atoms with E-state index in [1.165, 1.54) is 19.1 Å². The molecule has 6 heteroatoms. The van der Waals surface area contributed by atoms with Crippen LogP contribution >= 0.6 is 15.9 Å². The monoisotopic (exact) mass is 287 g/mol. The Morgan fingerprint density at radius 1 is 1.56 bits per heavy atom. The number of ether oxygens (including phenoxy) is 1. The van der Waals surface area contributed by atoms with Crippen LogP contribution in [0, 0.1) is 10.1 Å². The van der Waals surface area contributed by atoms with Crippen molar-refractivity contribution in [3.63, 3.8) is 0 Å². The van der Waals surface area contributed by atoms with Crippen molar-refractivity contribution in [1.29, 1.82) is 0 Å². The Balaban J connectivity index is 3.37. The predicted octanol–water partition coefficient (Wildman–Crippen LogP) is 2.96. The van der Waals surface area contributed by atoms with Gasteiger partial charge in [0.2, 0.25) is 0 Å². The highest BCUT2D eigenvalue weighted by Gasteiger charge is 2.20. The lowest BCUT2D eigenvalue weighted by atomic mass is 10.1. The number of hydrogen-bond acceptors (Lipinski definition) is 4. The summed E-state index contributed by atoms with van der Waals surface area (Å²) in [6.45, 7) is 3.50. The van der Waals surface area contributed by atoms with Crippen molar-refractivity contribution in [3.8, 4) is 5.75 Å². The smallest absolute Gasteiger partial charge is 0.281 e. The molecule has 0 amide bonds. The van der Waals surface area contributed by atoms with Crippen LogP contribution in [0.5, 0.6) is 5.75 Å². The number of halogens is 1. The third-order valence-electron chi connectivity index (χ3n) is 1.93. The molecule has 1 aromatic rings.